The second-order valence-corrected chi connectivity index (χ2v) is 7.56. The molecule has 2 aromatic rings. The van der Waals surface area contributed by atoms with Gasteiger partial charge >= 0.3 is 21.7 Å². The number of hydrogen-bond acceptors (Lipinski definition) is 7. The third-order valence-electron chi connectivity index (χ3n) is 2.66. The zero-order chi connectivity index (χ0) is 19.8. The zero-order valence-electron chi connectivity index (χ0n) is 13.8. The number of carbonyl (C=O) groups excluding carboxylic acids is 1. The van der Waals surface area contributed by atoms with Gasteiger partial charge in [0, 0.05) is 23.7 Å². The van der Waals surface area contributed by atoms with E-state index >= 15 is 0 Å². The number of rotatable bonds is 3. The molecule has 8 nitrogen and oxygen atoms in total. The highest BCUT2D eigenvalue weighted by molar-refractivity contribution is 7.87. The van der Waals surface area contributed by atoms with Crippen LogP contribution in [-0.4, -0.2) is 35.6 Å². The molecular formula is C14H14F3N3O5S. The predicted molar refractivity (Wildman–Crippen MR) is 85.0 cm³/mol. The maximum absolute atomic E-state index is 12.4. The highest BCUT2D eigenvalue weighted by atomic mass is 32.2. The zero-order valence-corrected chi connectivity index (χ0v) is 14.6. The molecule has 142 valence electrons. The molecule has 26 heavy (non-hydrogen) atoms. The smallest absolute Gasteiger partial charge is 0.444 e. The molecule has 1 amide bonds. The van der Waals surface area contributed by atoms with E-state index in [9.17, 15) is 26.4 Å². The average molecular weight is 393 g/mol. The van der Waals surface area contributed by atoms with Crippen LogP contribution in [0.5, 0.6) is 5.88 Å². The van der Waals surface area contributed by atoms with Gasteiger partial charge in [-0.25, -0.2) is 14.8 Å². The van der Waals surface area contributed by atoms with E-state index in [1.165, 1.54) is 18.3 Å². The maximum atomic E-state index is 12.4. The van der Waals surface area contributed by atoms with Crippen molar-refractivity contribution >= 4 is 32.9 Å². The van der Waals surface area contributed by atoms with Gasteiger partial charge < -0.3 is 8.92 Å². The summed E-state index contributed by atoms with van der Waals surface area (Å²) in [5.74, 6) is -0.765. The topological polar surface area (TPSA) is 107 Å². The number of aromatic nitrogens is 2. The molecule has 0 aliphatic rings. The molecule has 0 aliphatic heterocycles. The minimum absolute atomic E-state index is 0.00933. The Morgan fingerprint density at radius 1 is 1.19 bits per heavy atom. The number of nitrogens with zero attached hydrogens (tertiary/aromatic N) is 2. The van der Waals surface area contributed by atoms with Crippen molar-refractivity contribution in [3.63, 3.8) is 0 Å². The summed E-state index contributed by atoms with van der Waals surface area (Å²) in [5.41, 5.74) is -6.27. The number of fused-ring (bicyclic) bond motifs is 1. The first-order valence-corrected chi connectivity index (χ1v) is 8.45. The largest absolute Gasteiger partial charge is 0.534 e. The van der Waals surface area contributed by atoms with E-state index in [1.807, 2.05) is 0 Å². The van der Waals surface area contributed by atoms with Gasteiger partial charge in [0.2, 0.25) is 5.88 Å². The van der Waals surface area contributed by atoms with Crippen LogP contribution in [0.1, 0.15) is 20.8 Å². The highest BCUT2D eigenvalue weighted by Crippen LogP contribution is 2.27. The lowest BCUT2D eigenvalue weighted by Crippen LogP contribution is -2.28. The van der Waals surface area contributed by atoms with Gasteiger partial charge in [-0.2, -0.15) is 21.6 Å². The fourth-order valence-electron chi connectivity index (χ4n) is 1.68. The van der Waals surface area contributed by atoms with E-state index in [-0.39, 0.29) is 11.3 Å². The summed E-state index contributed by atoms with van der Waals surface area (Å²) in [4.78, 5) is 19.3. The number of pyridine rings is 2. The molecule has 0 aliphatic carbocycles. The Labute approximate surface area is 146 Å². The van der Waals surface area contributed by atoms with Gasteiger partial charge in [0.1, 0.15) is 11.4 Å². The Hall–Kier alpha value is -2.63. The molecule has 0 atom stereocenters. The lowest BCUT2D eigenvalue weighted by Gasteiger charge is -2.19. The SMILES string of the molecule is CC(C)(C)OC(=O)Nc1cc2nc(OS(=O)(=O)C(F)(F)F)ccc2cn1. The van der Waals surface area contributed by atoms with Gasteiger partial charge in [0.25, 0.3) is 0 Å². The Kier molecular flexibility index (Phi) is 4.99. The van der Waals surface area contributed by atoms with Crippen molar-refractivity contribution in [3.05, 3.63) is 24.4 Å². The van der Waals surface area contributed by atoms with Crippen molar-refractivity contribution in [1.29, 1.82) is 0 Å². The van der Waals surface area contributed by atoms with Gasteiger partial charge in [0.05, 0.1) is 5.52 Å². The second kappa shape index (κ2) is 6.59. The van der Waals surface area contributed by atoms with Gasteiger partial charge in [0.15, 0.2) is 0 Å². The summed E-state index contributed by atoms with van der Waals surface area (Å²) in [6.45, 7) is 4.98. The molecule has 0 bridgehead atoms. The summed E-state index contributed by atoms with van der Waals surface area (Å²) in [7, 11) is -5.84. The number of nitrogens with one attached hydrogen (secondary N) is 1. The van der Waals surface area contributed by atoms with Crippen LogP contribution in [-0.2, 0) is 14.9 Å². The van der Waals surface area contributed by atoms with Crippen molar-refractivity contribution in [2.24, 2.45) is 0 Å². The lowest BCUT2D eigenvalue weighted by molar-refractivity contribution is -0.0501. The molecule has 0 saturated carbocycles. The van der Waals surface area contributed by atoms with Gasteiger partial charge in [-0.15, -0.1) is 0 Å². The molecule has 0 unspecified atom stereocenters. The van der Waals surface area contributed by atoms with E-state index in [4.69, 9.17) is 4.74 Å². The molecule has 0 saturated heterocycles. The fraction of sp³-hybridized carbons (Fsp3) is 0.357. The third-order valence-corrected chi connectivity index (χ3v) is 3.61. The standard InChI is InChI=1S/C14H14F3N3O5S/c1-13(2,3)24-12(21)20-10-6-9-8(7-18-10)4-5-11(19-9)25-26(22,23)14(15,16)17/h4-7H,1-3H3,(H,18,20,21). The number of alkyl halides is 3. The van der Waals surface area contributed by atoms with Gasteiger partial charge in [-0.05, 0) is 26.8 Å². The fourth-order valence-corrected chi connectivity index (χ4v) is 2.09. The Balaban J connectivity index is 2.27. The summed E-state index contributed by atoms with van der Waals surface area (Å²) >= 11 is 0. The quantitative estimate of drug-likeness (QED) is 0.630. The monoisotopic (exact) mass is 393 g/mol. The van der Waals surface area contributed by atoms with E-state index in [0.717, 1.165) is 6.07 Å². The van der Waals surface area contributed by atoms with E-state index < -0.39 is 33.2 Å². The molecule has 2 rings (SSSR count). The molecule has 2 aromatic heterocycles. The van der Waals surface area contributed by atoms with Crippen molar-refractivity contribution in [2.75, 3.05) is 5.32 Å². The molecule has 0 fully saturated rings. The lowest BCUT2D eigenvalue weighted by atomic mass is 10.2. The number of hydrogen-bond donors (Lipinski definition) is 1. The number of halogens is 3. The van der Waals surface area contributed by atoms with Crippen LogP contribution in [0.3, 0.4) is 0 Å². The van der Waals surface area contributed by atoms with Crippen LogP contribution < -0.4 is 9.50 Å². The molecule has 0 aromatic carbocycles. The van der Waals surface area contributed by atoms with E-state index in [2.05, 4.69) is 19.5 Å². The minimum Gasteiger partial charge on any atom is -0.444 e. The molecule has 12 heteroatoms. The first kappa shape index (κ1) is 19.7. The van der Waals surface area contributed by atoms with Gasteiger partial charge in [-0.1, -0.05) is 0 Å². The number of anilines is 1. The van der Waals surface area contributed by atoms with Crippen LogP contribution in [0.4, 0.5) is 23.8 Å². The van der Waals surface area contributed by atoms with Gasteiger partial charge in [-0.3, -0.25) is 5.32 Å². The molecular weight excluding hydrogens is 379 g/mol. The molecule has 2 heterocycles. The maximum Gasteiger partial charge on any atom is 0.534 e. The van der Waals surface area contributed by atoms with Crippen molar-refractivity contribution in [1.82, 2.24) is 9.97 Å². The first-order chi connectivity index (χ1) is 11.8. The third kappa shape index (κ3) is 4.94. The minimum atomic E-state index is -5.84. The Morgan fingerprint density at radius 2 is 1.85 bits per heavy atom. The summed E-state index contributed by atoms with van der Waals surface area (Å²) < 4.78 is 68.2. The highest BCUT2D eigenvalue weighted by Gasteiger charge is 2.48. The summed E-state index contributed by atoms with van der Waals surface area (Å²) in [6, 6.07) is 3.45. The summed E-state index contributed by atoms with van der Waals surface area (Å²) in [6.07, 6.45) is 0.494. The van der Waals surface area contributed by atoms with Crippen LogP contribution in [0.2, 0.25) is 0 Å². The number of amides is 1. The molecule has 0 radical (unpaired) electrons. The van der Waals surface area contributed by atoms with Crippen LogP contribution >= 0.6 is 0 Å². The van der Waals surface area contributed by atoms with E-state index in [0.29, 0.717) is 5.39 Å². The molecule has 1 N–H and O–H groups in total. The van der Waals surface area contributed by atoms with Crippen molar-refractivity contribution in [2.45, 2.75) is 31.9 Å². The van der Waals surface area contributed by atoms with Crippen LogP contribution in [0, 0.1) is 0 Å². The Bertz CT molecular complexity index is 939. The van der Waals surface area contributed by atoms with Crippen molar-refractivity contribution in [3.8, 4) is 5.88 Å². The first-order valence-electron chi connectivity index (χ1n) is 7.04. The summed E-state index contributed by atoms with van der Waals surface area (Å²) in [5, 5.41) is 2.72. The van der Waals surface area contributed by atoms with Crippen LogP contribution in [0.15, 0.2) is 24.4 Å². The average Bonchev–Trinajstić information content (AvgIpc) is 2.43. The number of ether oxygens (including phenoxy) is 1. The number of carbonyl (C=O) groups is 1. The van der Waals surface area contributed by atoms with Crippen molar-refractivity contribution < 1.29 is 35.3 Å². The second-order valence-electron chi connectivity index (χ2n) is 6.02. The van der Waals surface area contributed by atoms with E-state index in [1.54, 1.807) is 20.8 Å². The predicted octanol–water partition coefficient (Wildman–Crippen LogP) is 3.21. The normalized spacial score (nSPS) is 12.7. The Morgan fingerprint density at radius 3 is 2.42 bits per heavy atom. The van der Waals surface area contributed by atoms with Crippen LogP contribution in [0.25, 0.3) is 10.9 Å². The molecule has 0 spiro atoms.